The van der Waals surface area contributed by atoms with E-state index < -0.39 is 14.9 Å². The number of sulfonamides is 1. The Morgan fingerprint density at radius 2 is 1.76 bits per heavy atom. The van der Waals surface area contributed by atoms with Crippen LogP contribution in [0.5, 0.6) is 0 Å². The van der Waals surface area contributed by atoms with Crippen LogP contribution in [-0.4, -0.2) is 109 Å². The Bertz CT molecular complexity index is 2540. The Labute approximate surface area is 372 Å². The molecule has 0 saturated carbocycles. The quantitative estimate of drug-likeness (QED) is 0.0556. The minimum absolute atomic E-state index is 0.104. The number of ether oxygens (including phenoxy) is 1. The molecule has 0 amide bonds. The fourth-order valence-electron chi connectivity index (χ4n) is 9.24. The van der Waals surface area contributed by atoms with Gasteiger partial charge in [-0.1, -0.05) is 47.5 Å². The van der Waals surface area contributed by atoms with Gasteiger partial charge >= 0.3 is 0 Å². The largest absolute Gasteiger partial charge is 0.376 e. The molecular formula is C46H51ClN8O5S2. The van der Waals surface area contributed by atoms with Gasteiger partial charge in [0, 0.05) is 90.7 Å². The maximum absolute atomic E-state index is 13.9. The average molecular weight is 896 g/mol. The first-order chi connectivity index (χ1) is 30.1. The fraction of sp³-hybridized carbons (Fsp3) is 0.391. The van der Waals surface area contributed by atoms with Crippen molar-refractivity contribution in [1.82, 2.24) is 19.8 Å². The number of benzene rings is 4. The van der Waals surface area contributed by atoms with Crippen molar-refractivity contribution in [2.45, 2.75) is 66.5 Å². The molecule has 324 valence electrons. The second-order valence-corrected chi connectivity index (χ2v) is 19.8. The van der Waals surface area contributed by atoms with Gasteiger partial charge in [-0.15, -0.1) is 11.8 Å². The lowest BCUT2D eigenvalue weighted by Crippen LogP contribution is -2.47. The van der Waals surface area contributed by atoms with E-state index in [4.69, 9.17) is 16.3 Å². The number of fused-ring (bicyclic) bond motifs is 3. The molecule has 2 bridgehead atoms. The van der Waals surface area contributed by atoms with Crippen molar-refractivity contribution in [2.75, 3.05) is 73.1 Å². The number of piperazine rings is 1. The predicted octanol–water partition coefficient (Wildman–Crippen LogP) is 8.58. The Hall–Kier alpha value is -4.77. The van der Waals surface area contributed by atoms with E-state index >= 15 is 0 Å². The molecule has 62 heavy (non-hydrogen) atoms. The minimum Gasteiger partial charge on any atom is -0.376 e. The van der Waals surface area contributed by atoms with Crippen LogP contribution in [0.1, 0.15) is 44.1 Å². The molecule has 2 N–H and O–H groups in total. The molecule has 4 aliphatic rings. The molecule has 3 atom stereocenters. The van der Waals surface area contributed by atoms with Crippen LogP contribution in [0.15, 0.2) is 113 Å². The monoisotopic (exact) mass is 894 g/mol. The van der Waals surface area contributed by atoms with Crippen molar-refractivity contribution in [2.24, 2.45) is 0 Å². The van der Waals surface area contributed by atoms with Crippen molar-refractivity contribution in [3.05, 3.63) is 124 Å². The summed E-state index contributed by atoms with van der Waals surface area (Å²) in [5.41, 5.74) is 5.83. The van der Waals surface area contributed by atoms with E-state index in [0.717, 1.165) is 99.8 Å². The number of anilines is 3. The molecule has 1 unspecified atom stereocenters. The summed E-state index contributed by atoms with van der Waals surface area (Å²) in [6.07, 6.45) is 8.08. The lowest BCUT2D eigenvalue weighted by atomic mass is 9.87. The number of hydrogen-bond acceptors (Lipinski definition) is 12. The van der Waals surface area contributed by atoms with E-state index in [1.54, 1.807) is 11.8 Å². The van der Waals surface area contributed by atoms with Gasteiger partial charge in [0.1, 0.15) is 12.0 Å². The molecule has 0 radical (unpaired) electrons. The summed E-state index contributed by atoms with van der Waals surface area (Å²) in [5.74, 6) is 0.776. The Morgan fingerprint density at radius 3 is 2.52 bits per heavy atom. The molecule has 1 aliphatic carbocycles. The normalized spacial score (nSPS) is 20.2. The van der Waals surface area contributed by atoms with E-state index in [1.807, 2.05) is 60.7 Å². The number of nitrogens with one attached hydrogen (secondary N) is 2. The predicted molar refractivity (Wildman–Crippen MR) is 248 cm³/mol. The number of nitro benzene ring substituents is 1. The molecule has 5 aromatic rings. The SMILES string of the molecule is O=[N+]([O-])c1cc(S(=O)(=O)Nc2ncnc3cc(N4CCN(CC5=C(c6ccc(Cl)cc6)CCCC5)CC4)ccc23)ccc1NC(CCN1C[C@H]2C[C@H]1CO2)CSc1ccccc1. The highest BCUT2D eigenvalue weighted by atomic mass is 35.5. The van der Waals surface area contributed by atoms with Gasteiger partial charge in [-0.3, -0.25) is 24.6 Å². The number of thioether (sulfide) groups is 1. The highest BCUT2D eigenvalue weighted by Crippen LogP contribution is 2.36. The molecule has 13 nitrogen and oxygen atoms in total. The number of morpholine rings is 1. The van der Waals surface area contributed by atoms with Crippen molar-refractivity contribution in [3.63, 3.8) is 0 Å². The number of aromatic nitrogens is 2. The summed E-state index contributed by atoms with van der Waals surface area (Å²) in [5, 5.41) is 17.2. The van der Waals surface area contributed by atoms with Gasteiger partial charge < -0.3 is 15.0 Å². The number of likely N-dealkylation sites (tertiary alicyclic amines) is 1. The van der Waals surface area contributed by atoms with E-state index in [2.05, 4.69) is 46.8 Å². The number of nitro groups is 1. The molecule has 9 rings (SSSR count). The molecular weight excluding hydrogens is 844 g/mol. The van der Waals surface area contributed by atoms with Gasteiger partial charge in [-0.05, 0) is 104 Å². The van der Waals surface area contributed by atoms with Crippen molar-refractivity contribution >= 4 is 72.7 Å². The summed E-state index contributed by atoms with van der Waals surface area (Å²) in [6, 6.07) is 28.4. The Balaban J connectivity index is 0.864. The molecule has 1 aromatic heterocycles. The average Bonchev–Trinajstić information content (AvgIpc) is 3.92. The molecule has 3 saturated heterocycles. The van der Waals surface area contributed by atoms with E-state index in [-0.39, 0.29) is 34.2 Å². The zero-order valence-electron chi connectivity index (χ0n) is 34.5. The molecule has 0 spiro atoms. The lowest BCUT2D eigenvalue weighted by molar-refractivity contribution is -0.384. The minimum atomic E-state index is -4.27. The number of halogens is 1. The van der Waals surface area contributed by atoms with Gasteiger partial charge in [0.25, 0.3) is 15.7 Å². The van der Waals surface area contributed by atoms with Gasteiger partial charge in [0.05, 0.1) is 28.0 Å². The van der Waals surface area contributed by atoms with Crippen LogP contribution in [0, 0.1) is 10.1 Å². The topological polar surface area (TPSA) is 146 Å². The van der Waals surface area contributed by atoms with Gasteiger partial charge in [0.15, 0.2) is 5.82 Å². The lowest BCUT2D eigenvalue weighted by Gasteiger charge is -2.37. The summed E-state index contributed by atoms with van der Waals surface area (Å²) < 4.78 is 36.1. The molecule has 3 aliphatic heterocycles. The fourth-order valence-corrected chi connectivity index (χ4v) is 11.4. The zero-order valence-corrected chi connectivity index (χ0v) is 36.9. The second-order valence-electron chi connectivity index (χ2n) is 16.6. The summed E-state index contributed by atoms with van der Waals surface area (Å²) in [7, 11) is -4.27. The third-order valence-electron chi connectivity index (χ3n) is 12.6. The summed E-state index contributed by atoms with van der Waals surface area (Å²) in [6.45, 7) is 6.99. The number of rotatable bonds is 16. The van der Waals surface area contributed by atoms with Crippen LogP contribution in [0.25, 0.3) is 16.5 Å². The van der Waals surface area contributed by atoms with E-state index in [0.29, 0.717) is 22.7 Å². The number of nitrogens with zero attached hydrogens (tertiary/aromatic N) is 6. The Kier molecular flexibility index (Phi) is 13.0. The number of allylic oxidation sites excluding steroid dienone is 1. The van der Waals surface area contributed by atoms with E-state index in [9.17, 15) is 18.5 Å². The van der Waals surface area contributed by atoms with Crippen molar-refractivity contribution in [3.8, 4) is 0 Å². The molecule has 4 aromatic carbocycles. The maximum atomic E-state index is 13.9. The summed E-state index contributed by atoms with van der Waals surface area (Å²) in [4.78, 5) is 28.9. The van der Waals surface area contributed by atoms with Crippen LogP contribution in [0.3, 0.4) is 0 Å². The smallest absolute Gasteiger partial charge is 0.293 e. The van der Waals surface area contributed by atoms with E-state index in [1.165, 1.54) is 48.0 Å². The summed E-state index contributed by atoms with van der Waals surface area (Å²) >= 11 is 7.86. The maximum Gasteiger partial charge on any atom is 0.293 e. The first-order valence-electron chi connectivity index (χ1n) is 21.5. The number of hydrogen-bond donors (Lipinski definition) is 2. The van der Waals surface area contributed by atoms with Crippen LogP contribution >= 0.6 is 23.4 Å². The van der Waals surface area contributed by atoms with Gasteiger partial charge in [-0.2, -0.15) is 0 Å². The van der Waals surface area contributed by atoms with Crippen molar-refractivity contribution in [1.29, 1.82) is 0 Å². The second kappa shape index (κ2) is 18.9. The van der Waals surface area contributed by atoms with Crippen LogP contribution < -0.4 is 14.9 Å². The molecule has 3 fully saturated rings. The highest BCUT2D eigenvalue weighted by Gasteiger charge is 2.39. The highest BCUT2D eigenvalue weighted by molar-refractivity contribution is 7.99. The molecule has 16 heteroatoms. The van der Waals surface area contributed by atoms with Crippen LogP contribution in [0.4, 0.5) is 22.9 Å². The Morgan fingerprint density at radius 1 is 0.952 bits per heavy atom. The van der Waals surface area contributed by atoms with Crippen LogP contribution in [-0.2, 0) is 14.8 Å². The zero-order chi connectivity index (χ0) is 42.6. The molecule has 4 heterocycles. The first-order valence-corrected chi connectivity index (χ1v) is 24.3. The van der Waals surface area contributed by atoms with Gasteiger partial charge in [-0.25, -0.2) is 18.4 Å². The third-order valence-corrected chi connectivity index (χ3v) is 15.3. The van der Waals surface area contributed by atoms with Crippen LogP contribution in [0.2, 0.25) is 5.02 Å². The first kappa shape index (κ1) is 42.5. The third kappa shape index (κ3) is 9.88. The van der Waals surface area contributed by atoms with Crippen molar-refractivity contribution < 1.29 is 18.1 Å². The standard InChI is InChI=1S/C46H51ClN8O5S2/c47-34-12-10-32(11-13-34)41-9-5-4-6-33(41)27-52-20-22-53(23-21-52)36-14-16-42-44(25-36)48-31-49-46(42)51-62(58,59)40-15-17-43(45(26-40)55(56)57)50-35(30-61-39-7-2-1-3-8-39)18-19-54-28-38-24-37(54)29-60-38/h1-3,7-8,10-17,25-26,31,35,37-38,50H,4-6,9,18-24,27-30H2,(H,48,49,51)/t35?,37-,38+/m0/s1. The van der Waals surface area contributed by atoms with Gasteiger partial charge in [0.2, 0.25) is 0 Å².